The topological polar surface area (TPSA) is 29.0 Å². The van der Waals surface area contributed by atoms with Gasteiger partial charge in [-0.05, 0) is 19.3 Å². The van der Waals surface area contributed by atoms with Crippen LogP contribution in [0.5, 0.6) is 0 Å². The van der Waals surface area contributed by atoms with Crippen molar-refractivity contribution in [3.63, 3.8) is 0 Å². The minimum Gasteiger partial charge on any atom is -0.343 e. The third-order valence-electron chi connectivity index (χ3n) is 3.17. The lowest BCUT2D eigenvalue weighted by atomic mass is 9.92. The first-order valence-corrected chi connectivity index (χ1v) is 7.50. The largest absolute Gasteiger partial charge is 0.343 e. The van der Waals surface area contributed by atoms with Crippen molar-refractivity contribution in [3.05, 3.63) is 5.82 Å². The molecule has 0 spiro atoms. The summed E-state index contributed by atoms with van der Waals surface area (Å²) in [5, 5.41) is 1.04. The maximum Gasteiger partial charge on any atom is 0.205 e. The van der Waals surface area contributed by atoms with Crippen molar-refractivity contribution in [3.8, 4) is 0 Å². The molecule has 0 aliphatic heterocycles. The number of nitrogens with zero attached hydrogens (tertiary/aromatic N) is 3. The summed E-state index contributed by atoms with van der Waals surface area (Å²) in [6.07, 6.45) is 3.86. The van der Waals surface area contributed by atoms with Gasteiger partial charge in [-0.25, -0.2) is 4.98 Å². The summed E-state index contributed by atoms with van der Waals surface area (Å²) in [5.74, 6) is 1.59. The fourth-order valence-electron chi connectivity index (χ4n) is 1.86. The lowest BCUT2D eigenvalue weighted by Crippen LogP contribution is -2.41. The molecule has 1 aromatic rings. The molecule has 1 aliphatic carbocycles. The zero-order valence-corrected chi connectivity index (χ0v) is 12.3. The van der Waals surface area contributed by atoms with Crippen LogP contribution in [0.4, 0.5) is 5.13 Å². The van der Waals surface area contributed by atoms with E-state index in [0.717, 1.165) is 17.5 Å². The van der Waals surface area contributed by atoms with Crippen molar-refractivity contribution in [1.29, 1.82) is 0 Å². The molecule has 1 aromatic heterocycles. The minimum absolute atomic E-state index is 0.0288. The number of hydrogen-bond acceptors (Lipinski definition) is 4. The van der Waals surface area contributed by atoms with Gasteiger partial charge in [0.15, 0.2) is 0 Å². The van der Waals surface area contributed by atoms with Crippen LogP contribution in [0.2, 0.25) is 0 Å². The highest BCUT2D eigenvalue weighted by Gasteiger charge is 2.28. The highest BCUT2D eigenvalue weighted by Crippen LogP contribution is 2.32. The van der Waals surface area contributed by atoms with E-state index in [2.05, 4.69) is 35.0 Å². The number of aromatic nitrogens is 2. The summed E-state index contributed by atoms with van der Waals surface area (Å²) in [6, 6.07) is 0.634. The van der Waals surface area contributed by atoms with E-state index in [0.29, 0.717) is 11.9 Å². The lowest BCUT2D eigenvalue weighted by molar-refractivity contribution is 0.390. The van der Waals surface area contributed by atoms with Crippen LogP contribution < -0.4 is 4.90 Å². The molecule has 0 radical (unpaired) electrons. The van der Waals surface area contributed by atoms with Crippen LogP contribution >= 0.6 is 23.1 Å². The highest BCUT2D eigenvalue weighted by atomic mass is 35.5. The van der Waals surface area contributed by atoms with Crippen LogP contribution in [0.15, 0.2) is 0 Å². The first-order chi connectivity index (χ1) is 8.02. The van der Waals surface area contributed by atoms with E-state index in [1.165, 1.54) is 30.8 Å². The van der Waals surface area contributed by atoms with E-state index in [4.69, 9.17) is 11.6 Å². The number of halogens is 1. The molecule has 1 saturated carbocycles. The van der Waals surface area contributed by atoms with Crippen molar-refractivity contribution in [2.24, 2.45) is 0 Å². The van der Waals surface area contributed by atoms with Gasteiger partial charge < -0.3 is 4.90 Å². The van der Waals surface area contributed by atoms with Gasteiger partial charge in [0.05, 0.1) is 0 Å². The zero-order valence-electron chi connectivity index (χ0n) is 10.7. The Labute approximate surface area is 112 Å². The van der Waals surface area contributed by atoms with Crippen molar-refractivity contribution >= 4 is 28.3 Å². The molecule has 0 unspecified atom stereocenters. The smallest absolute Gasteiger partial charge is 0.205 e. The van der Waals surface area contributed by atoms with Gasteiger partial charge in [-0.1, -0.05) is 20.8 Å². The molecule has 0 atom stereocenters. The zero-order chi connectivity index (χ0) is 12.5. The van der Waals surface area contributed by atoms with E-state index >= 15 is 0 Å². The molecule has 17 heavy (non-hydrogen) atoms. The van der Waals surface area contributed by atoms with Crippen LogP contribution in [0.3, 0.4) is 0 Å². The highest BCUT2D eigenvalue weighted by molar-refractivity contribution is 7.09. The van der Waals surface area contributed by atoms with Crippen LogP contribution in [-0.4, -0.2) is 27.8 Å². The molecular weight excluding hydrogens is 254 g/mol. The van der Waals surface area contributed by atoms with Crippen LogP contribution in [0.1, 0.15) is 45.9 Å². The molecule has 0 amide bonds. The normalized spacial score (nSPS) is 16.9. The van der Waals surface area contributed by atoms with Gasteiger partial charge in [0.25, 0.3) is 0 Å². The Kier molecular flexibility index (Phi) is 3.93. The summed E-state index contributed by atoms with van der Waals surface area (Å²) in [5.41, 5.74) is 0.0288. The average Bonchev–Trinajstić information content (AvgIpc) is 2.61. The summed E-state index contributed by atoms with van der Waals surface area (Å²) in [7, 11) is 0. The fraction of sp³-hybridized carbons (Fsp3) is 0.833. The first kappa shape index (κ1) is 13.1. The van der Waals surface area contributed by atoms with Crippen molar-refractivity contribution in [2.75, 3.05) is 17.3 Å². The maximum atomic E-state index is 5.88. The quantitative estimate of drug-likeness (QED) is 0.787. The Morgan fingerprint density at radius 2 is 2.12 bits per heavy atom. The van der Waals surface area contributed by atoms with Crippen LogP contribution in [0, 0.1) is 0 Å². The Morgan fingerprint density at radius 1 is 1.41 bits per heavy atom. The molecule has 1 fully saturated rings. The SMILES string of the molecule is CC(C)(C)c1nsc(N(CCCl)C2CCC2)n1. The summed E-state index contributed by atoms with van der Waals surface area (Å²) in [6.45, 7) is 7.32. The van der Waals surface area contributed by atoms with Crippen molar-refractivity contribution < 1.29 is 0 Å². The maximum absolute atomic E-state index is 5.88. The Balaban J connectivity index is 2.15. The van der Waals surface area contributed by atoms with Crippen LogP contribution in [-0.2, 0) is 5.41 Å². The number of alkyl halides is 1. The number of rotatable bonds is 4. The minimum atomic E-state index is 0.0288. The van der Waals surface area contributed by atoms with E-state index in [9.17, 15) is 0 Å². The molecule has 0 bridgehead atoms. The van der Waals surface area contributed by atoms with Gasteiger partial charge in [0.1, 0.15) is 5.82 Å². The molecule has 3 nitrogen and oxygen atoms in total. The molecular formula is C12H20ClN3S. The Hall–Kier alpha value is -0.350. The van der Waals surface area contributed by atoms with Crippen molar-refractivity contribution in [1.82, 2.24) is 9.36 Å². The molecule has 0 N–H and O–H groups in total. The van der Waals surface area contributed by atoms with Gasteiger partial charge in [0.2, 0.25) is 5.13 Å². The second-order valence-corrected chi connectivity index (χ2v) is 6.73. The van der Waals surface area contributed by atoms with Crippen LogP contribution in [0.25, 0.3) is 0 Å². The summed E-state index contributed by atoms with van der Waals surface area (Å²) >= 11 is 7.39. The molecule has 96 valence electrons. The molecule has 0 aromatic carbocycles. The van der Waals surface area contributed by atoms with Gasteiger partial charge in [0, 0.05) is 35.4 Å². The predicted molar refractivity (Wildman–Crippen MR) is 74.3 cm³/mol. The third kappa shape index (κ3) is 2.91. The second kappa shape index (κ2) is 5.11. The number of anilines is 1. The number of hydrogen-bond donors (Lipinski definition) is 0. The molecule has 5 heteroatoms. The molecule has 1 heterocycles. The third-order valence-corrected chi connectivity index (χ3v) is 4.10. The fourth-order valence-corrected chi connectivity index (χ4v) is 3.00. The summed E-state index contributed by atoms with van der Waals surface area (Å²) in [4.78, 5) is 7.01. The second-order valence-electron chi connectivity index (χ2n) is 5.62. The average molecular weight is 274 g/mol. The Morgan fingerprint density at radius 3 is 2.53 bits per heavy atom. The monoisotopic (exact) mass is 273 g/mol. The van der Waals surface area contributed by atoms with Gasteiger partial charge in [-0.2, -0.15) is 4.37 Å². The summed E-state index contributed by atoms with van der Waals surface area (Å²) < 4.78 is 4.48. The predicted octanol–water partition coefficient (Wildman–Crippen LogP) is 3.43. The van der Waals surface area contributed by atoms with Gasteiger partial charge in [-0.3, -0.25) is 0 Å². The van der Waals surface area contributed by atoms with Crippen molar-refractivity contribution in [2.45, 2.75) is 51.5 Å². The lowest BCUT2D eigenvalue weighted by Gasteiger charge is -2.36. The standard InChI is InChI=1S/C12H20ClN3S/c1-12(2,3)10-14-11(17-15-10)16(8-7-13)9-5-4-6-9/h9H,4-8H2,1-3H3. The van der Waals surface area contributed by atoms with Gasteiger partial charge in [-0.15, -0.1) is 11.6 Å². The van der Waals surface area contributed by atoms with E-state index in [-0.39, 0.29) is 5.41 Å². The molecule has 0 saturated heterocycles. The van der Waals surface area contributed by atoms with E-state index in [1.807, 2.05) is 0 Å². The molecule has 1 aliphatic rings. The first-order valence-electron chi connectivity index (χ1n) is 6.19. The van der Waals surface area contributed by atoms with E-state index < -0.39 is 0 Å². The molecule has 2 rings (SSSR count). The Bertz CT molecular complexity index is 368. The van der Waals surface area contributed by atoms with Gasteiger partial charge >= 0.3 is 0 Å². The van der Waals surface area contributed by atoms with E-state index in [1.54, 1.807) is 0 Å².